The van der Waals surface area contributed by atoms with Gasteiger partial charge in [-0.2, -0.15) is 0 Å². The Morgan fingerprint density at radius 1 is 1.38 bits per heavy atom. The van der Waals surface area contributed by atoms with E-state index in [-0.39, 0.29) is 12.4 Å². The van der Waals surface area contributed by atoms with Crippen LogP contribution >= 0.6 is 0 Å². The fourth-order valence-electron chi connectivity index (χ4n) is 1.99. The van der Waals surface area contributed by atoms with Crippen molar-refractivity contribution >= 4 is 11.7 Å². The van der Waals surface area contributed by atoms with Gasteiger partial charge in [0.05, 0.1) is 12.8 Å². The maximum absolute atomic E-state index is 13.5. The molecule has 0 aliphatic carbocycles. The van der Waals surface area contributed by atoms with Crippen LogP contribution in [0.5, 0.6) is 5.75 Å². The second kappa shape index (κ2) is 6.30. The first kappa shape index (κ1) is 14.9. The van der Waals surface area contributed by atoms with Crippen molar-refractivity contribution < 1.29 is 18.7 Å². The molecule has 2 N–H and O–H groups in total. The standard InChI is InChI=1S/C15H17FN2O3/c1-3-18-8-11(17)7-13(18)15(19)21-9-10-4-5-14(20-2)12(16)6-10/h4-8H,3,9,17H2,1-2H3. The first-order valence-electron chi connectivity index (χ1n) is 6.50. The van der Waals surface area contributed by atoms with Crippen molar-refractivity contribution in [2.24, 2.45) is 0 Å². The highest BCUT2D eigenvalue weighted by Gasteiger charge is 2.14. The van der Waals surface area contributed by atoms with E-state index in [2.05, 4.69) is 0 Å². The van der Waals surface area contributed by atoms with Gasteiger partial charge < -0.3 is 19.8 Å². The third kappa shape index (κ3) is 3.34. The molecule has 0 radical (unpaired) electrons. The van der Waals surface area contributed by atoms with Crippen LogP contribution in [0.4, 0.5) is 10.1 Å². The molecule has 0 unspecified atom stereocenters. The van der Waals surface area contributed by atoms with Gasteiger partial charge in [0.1, 0.15) is 12.3 Å². The minimum atomic E-state index is -0.496. The smallest absolute Gasteiger partial charge is 0.355 e. The summed E-state index contributed by atoms with van der Waals surface area (Å²) in [6.07, 6.45) is 1.67. The molecule has 0 aliphatic heterocycles. The Bertz CT molecular complexity index is 652. The van der Waals surface area contributed by atoms with E-state index in [1.165, 1.54) is 19.2 Å². The summed E-state index contributed by atoms with van der Waals surface area (Å²) in [6.45, 7) is 2.49. The zero-order valence-electron chi connectivity index (χ0n) is 11.9. The maximum atomic E-state index is 13.5. The Morgan fingerprint density at radius 2 is 2.14 bits per heavy atom. The Labute approximate surface area is 122 Å². The van der Waals surface area contributed by atoms with Crippen LogP contribution < -0.4 is 10.5 Å². The molecule has 0 atom stereocenters. The summed E-state index contributed by atoms with van der Waals surface area (Å²) in [5.41, 5.74) is 7.08. The molecule has 0 fully saturated rings. The minimum Gasteiger partial charge on any atom is -0.494 e. The van der Waals surface area contributed by atoms with E-state index in [9.17, 15) is 9.18 Å². The molecule has 2 aromatic rings. The van der Waals surface area contributed by atoms with Crippen LogP contribution in [0.25, 0.3) is 0 Å². The average Bonchev–Trinajstić information content (AvgIpc) is 2.86. The number of rotatable bonds is 5. The van der Waals surface area contributed by atoms with Crippen molar-refractivity contribution in [1.82, 2.24) is 4.57 Å². The summed E-state index contributed by atoms with van der Waals surface area (Å²) >= 11 is 0. The van der Waals surface area contributed by atoms with Gasteiger partial charge in [-0.05, 0) is 30.7 Å². The van der Waals surface area contributed by atoms with E-state index in [4.69, 9.17) is 15.2 Å². The quantitative estimate of drug-likeness (QED) is 0.860. The van der Waals surface area contributed by atoms with Gasteiger partial charge in [-0.3, -0.25) is 0 Å². The second-order valence-corrected chi connectivity index (χ2v) is 4.49. The second-order valence-electron chi connectivity index (χ2n) is 4.49. The topological polar surface area (TPSA) is 66.5 Å². The SMILES string of the molecule is CCn1cc(N)cc1C(=O)OCc1ccc(OC)c(F)c1. The lowest BCUT2D eigenvalue weighted by Crippen LogP contribution is -2.11. The van der Waals surface area contributed by atoms with E-state index in [1.54, 1.807) is 22.9 Å². The molecule has 1 heterocycles. The highest BCUT2D eigenvalue weighted by molar-refractivity contribution is 5.89. The van der Waals surface area contributed by atoms with Crippen molar-refractivity contribution in [3.05, 3.63) is 47.5 Å². The number of anilines is 1. The maximum Gasteiger partial charge on any atom is 0.355 e. The molecule has 5 nitrogen and oxygen atoms in total. The number of aryl methyl sites for hydroxylation is 1. The molecule has 2 rings (SSSR count). The van der Waals surface area contributed by atoms with Gasteiger partial charge >= 0.3 is 5.97 Å². The van der Waals surface area contributed by atoms with Gasteiger partial charge in [-0.25, -0.2) is 9.18 Å². The number of ether oxygens (including phenoxy) is 2. The van der Waals surface area contributed by atoms with E-state index >= 15 is 0 Å². The number of methoxy groups -OCH3 is 1. The Morgan fingerprint density at radius 3 is 2.76 bits per heavy atom. The molecule has 0 saturated heterocycles. The molecule has 6 heteroatoms. The zero-order valence-corrected chi connectivity index (χ0v) is 11.9. The number of aromatic nitrogens is 1. The van der Waals surface area contributed by atoms with Crippen molar-refractivity contribution in [3.63, 3.8) is 0 Å². The molecular weight excluding hydrogens is 275 g/mol. The highest BCUT2D eigenvalue weighted by atomic mass is 19.1. The van der Waals surface area contributed by atoms with Crippen LogP contribution in [0.3, 0.4) is 0 Å². The lowest BCUT2D eigenvalue weighted by molar-refractivity contribution is 0.0460. The van der Waals surface area contributed by atoms with E-state index in [0.717, 1.165) is 0 Å². The summed E-state index contributed by atoms with van der Waals surface area (Å²) in [6, 6.07) is 5.97. The van der Waals surface area contributed by atoms with Crippen LogP contribution in [0, 0.1) is 5.82 Å². The lowest BCUT2D eigenvalue weighted by atomic mass is 10.2. The van der Waals surface area contributed by atoms with E-state index in [0.29, 0.717) is 23.5 Å². The summed E-state index contributed by atoms with van der Waals surface area (Å²) in [4.78, 5) is 12.0. The van der Waals surface area contributed by atoms with Gasteiger partial charge in [0.2, 0.25) is 0 Å². The van der Waals surface area contributed by atoms with E-state index in [1.807, 2.05) is 6.92 Å². The number of hydrogen-bond acceptors (Lipinski definition) is 4. The number of nitrogens with two attached hydrogens (primary N) is 1. The molecule has 0 bridgehead atoms. The number of halogens is 1. The van der Waals surface area contributed by atoms with Crippen LogP contribution in [-0.4, -0.2) is 17.6 Å². The molecule has 0 aliphatic rings. The summed E-state index contributed by atoms with van der Waals surface area (Å²) < 4.78 is 25.2. The number of esters is 1. The minimum absolute atomic E-state index is 0.0193. The number of nitrogen functional groups attached to an aromatic ring is 1. The van der Waals surface area contributed by atoms with Crippen LogP contribution in [-0.2, 0) is 17.9 Å². The van der Waals surface area contributed by atoms with Crippen molar-refractivity contribution in [3.8, 4) is 5.75 Å². The number of hydrogen-bond donors (Lipinski definition) is 1. The van der Waals surface area contributed by atoms with Gasteiger partial charge in [0, 0.05) is 12.7 Å². The Hall–Kier alpha value is -2.50. The normalized spacial score (nSPS) is 10.4. The molecule has 112 valence electrons. The van der Waals surface area contributed by atoms with Crippen molar-refractivity contribution in [1.29, 1.82) is 0 Å². The predicted octanol–water partition coefficient (Wildman–Crippen LogP) is 2.59. The Kier molecular flexibility index (Phi) is 4.47. The molecule has 0 saturated carbocycles. The summed E-state index contributed by atoms with van der Waals surface area (Å²) in [5.74, 6) is -0.838. The third-order valence-corrected chi connectivity index (χ3v) is 3.05. The van der Waals surface area contributed by atoms with Crippen LogP contribution in [0.15, 0.2) is 30.5 Å². The van der Waals surface area contributed by atoms with E-state index < -0.39 is 11.8 Å². The summed E-state index contributed by atoms with van der Waals surface area (Å²) in [5, 5.41) is 0. The predicted molar refractivity (Wildman–Crippen MR) is 76.6 cm³/mol. The average molecular weight is 292 g/mol. The largest absolute Gasteiger partial charge is 0.494 e. The van der Waals surface area contributed by atoms with Crippen molar-refractivity contribution in [2.75, 3.05) is 12.8 Å². The van der Waals surface area contributed by atoms with Crippen LogP contribution in [0.2, 0.25) is 0 Å². The van der Waals surface area contributed by atoms with Crippen molar-refractivity contribution in [2.45, 2.75) is 20.1 Å². The molecule has 0 spiro atoms. The van der Waals surface area contributed by atoms with Crippen LogP contribution in [0.1, 0.15) is 23.0 Å². The molecule has 1 aromatic carbocycles. The van der Waals surface area contributed by atoms with Gasteiger partial charge in [0.15, 0.2) is 11.6 Å². The molecular formula is C15H17FN2O3. The molecule has 21 heavy (non-hydrogen) atoms. The van der Waals surface area contributed by atoms with Gasteiger partial charge in [-0.1, -0.05) is 6.07 Å². The zero-order chi connectivity index (χ0) is 15.4. The monoisotopic (exact) mass is 292 g/mol. The summed E-state index contributed by atoms with van der Waals surface area (Å²) in [7, 11) is 1.39. The van der Waals surface area contributed by atoms with Gasteiger partial charge in [0.25, 0.3) is 0 Å². The fraction of sp³-hybridized carbons (Fsp3) is 0.267. The number of carbonyl (C=O) groups excluding carboxylic acids is 1. The fourth-order valence-corrected chi connectivity index (χ4v) is 1.99. The number of nitrogens with zero attached hydrogens (tertiary/aromatic N) is 1. The van der Waals surface area contributed by atoms with Gasteiger partial charge in [-0.15, -0.1) is 0 Å². The number of benzene rings is 1. The molecule has 0 amide bonds. The first-order chi connectivity index (χ1) is 10.0. The number of carbonyl (C=O) groups is 1. The third-order valence-electron chi connectivity index (χ3n) is 3.05. The molecule has 1 aromatic heterocycles. The first-order valence-corrected chi connectivity index (χ1v) is 6.50. The lowest BCUT2D eigenvalue weighted by Gasteiger charge is -2.08. The highest BCUT2D eigenvalue weighted by Crippen LogP contribution is 2.19. The Balaban J connectivity index is 2.05.